The third-order valence-corrected chi connectivity index (χ3v) is 5.87. The van der Waals surface area contributed by atoms with Crippen LogP contribution in [0.2, 0.25) is 5.15 Å². The molecule has 4 heterocycles. The van der Waals surface area contributed by atoms with E-state index in [1.165, 1.54) is 0 Å². The number of fused-ring (bicyclic) bond motifs is 5. The van der Waals surface area contributed by atoms with E-state index in [9.17, 15) is 9.59 Å². The van der Waals surface area contributed by atoms with Crippen molar-refractivity contribution in [3.63, 3.8) is 0 Å². The van der Waals surface area contributed by atoms with E-state index in [1.54, 1.807) is 17.2 Å². The number of furan rings is 1. The first kappa shape index (κ1) is 18.5. The predicted molar refractivity (Wildman–Crippen MR) is 106 cm³/mol. The molecule has 2 aliphatic heterocycles. The summed E-state index contributed by atoms with van der Waals surface area (Å²) in [7, 11) is 0. The minimum atomic E-state index is -0.549. The molecular formula is C21H22ClN3O4. The van der Waals surface area contributed by atoms with Crippen LogP contribution in [0.25, 0.3) is 11.3 Å². The second-order valence-electron chi connectivity index (χ2n) is 9.12. The van der Waals surface area contributed by atoms with Crippen molar-refractivity contribution in [3.8, 4) is 11.3 Å². The summed E-state index contributed by atoms with van der Waals surface area (Å²) in [6.07, 6.45) is 3.49. The van der Waals surface area contributed by atoms with Gasteiger partial charge in [-0.2, -0.15) is 0 Å². The Balaban J connectivity index is 1.42. The van der Waals surface area contributed by atoms with Crippen molar-refractivity contribution in [1.29, 1.82) is 0 Å². The van der Waals surface area contributed by atoms with Gasteiger partial charge in [-0.15, -0.1) is 0 Å². The number of rotatable bonds is 0. The lowest BCUT2D eigenvalue weighted by Crippen LogP contribution is -2.73. The van der Waals surface area contributed by atoms with Crippen LogP contribution in [0.3, 0.4) is 0 Å². The third kappa shape index (κ3) is 2.99. The van der Waals surface area contributed by atoms with E-state index in [1.807, 2.05) is 20.8 Å². The predicted octanol–water partition coefficient (Wildman–Crippen LogP) is 3.37. The Labute approximate surface area is 173 Å². The van der Waals surface area contributed by atoms with E-state index in [2.05, 4.69) is 10.3 Å². The summed E-state index contributed by atoms with van der Waals surface area (Å²) in [5, 5.41) is 3.52. The number of amides is 2. The van der Waals surface area contributed by atoms with Gasteiger partial charge in [-0.25, -0.2) is 9.78 Å². The summed E-state index contributed by atoms with van der Waals surface area (Å²) in [5.41, 5.74) is 2.51. The van der Waals surface area contributed by atoms with Crippen LogP contribution in [0.4, 0.5) is 4.79 Å². The maximum atomic E-state index is 13.0. The average Bonchev–Trinajstić information content (AvgIpc) is 2.97. The number of carbonyl (C=O) groups is 2. The normalized spacial score (nSPS) is 19.0. The SMILES string of the molecule is CC(C)(C)OC(=O)N1CC2(Cc3oc4c(c3C(=O)N2)CCc2cnc(Cl)cc2-4)C1. The minimum Gasteiger partial charge on any atom is -0.460 e. The molecule has 2 aromatic rings. The van der Waals surface area contributed by atoms with Gasteiger partial charge in [0.05, 0.1) is 11.1 Å². The molecule has 29 heavy (non-hydrogen) atoms. The second kappa shape index (κ2) is 5.98. The zero-order chi connectivity index (χ0) is 20.6. The van der Waals surface area contributed by atoms with E-state index in [4.69, 9.17) is 20.8 Å². The van der Waals surface area contributed by atoms with Gasteiger partial charge >= 0.3 is 6.09 Å². The topological polar surface area (TPSA) is 84.7 Å². The summed E-state index contributed by atoms with van der Waals surface area (Å²) in [6.45, 7) is 6.32. The van der Waals surface area contributed by atoms with Crippen LogP contribution in [0.5, 0.6) is 0 Å². The number of hydrogen-bond donors (Lipinski definition) is 1. The van der Waals surface area contributed by atoms with Crippen molar-refractivity contribution in [1.82, 2.24) is 15.2 Å². The Morgan fingerprint density at radius 1 is 1.34 bits per heavy atom. The zero-order valence-corrected chi connectivity index (χ0v) is 17.4. The van der Waals surface area contributed by atoms with E-state index in [-0.39, 0.29) is 12.0 Å². The molecule has 1 aliphatic carbocycles. The number of likely N-dealkylation sites (tertiary alicyclic amines) is 1. The van der Waals surface area contributed by atoms with Gasteiger partial charge in [0.2, 0.25) is 0 Å². The number of ether oxygens (including phenoxy) is 1. The fraction of sp³-hybridized carbons (Fsp3) is 0.476. The van der Waals surface area contributed by atoms with Crippen molar-refractivity contribution >= 4 is 23.6 Å². The van der Waals surface area contributed by atoms with Gasteiger partial charge in [-0.3, -0.25) is 4.79 Å². The smallest absolute Gasteiger partial charge is 0.410 e. The summed E-state index contributed by atoms with van der Waals surface area (Å²) >= 11 is 6.09. The van der Waals surface area contributed by atoms with E-state index >= 15 is 0 Å². The molecule has 0 bridgehead atoms. The quantitative estimate of drug-likeness (QED) is 0.667. The molecule has 0 saturated carbocycles. The van der Waals surface area contributed by atoms with Gasteiger partial charge in [0, 0.05) is 36.8 Å². The Hall–Kier alpha value is -2.54. The van der Waals surface area contributed by atoms with Crippen molar-refractivity contribution in [2.45, 2.75) is 51.2 Å². The maximum Gasteiger partial charge on any atom is 0.410 e. The molecule has 0 aromatic carbocycles. The molecule has 1 saturated heterocycles. The molecule has 0 radical (unpaired) electrons. The molecule has 2 amide bonds. The molecule has 1 fully saturated rings. The van der Waals surface area contributed by atoms with Crippen molar-refractivity contribution in [2.24, 2.45) is 0 Å². The Bertz CT molecular complexity index is 1050. The summed E-state index contributed by atoms with van der Waals surface area (Å²) in [5.74, 6) is 1.27. The average molecular weight is 416 g/mol. The number of pyridine rings is 1. The van der Waals surface area contributed by atoms with Gasteiger partial charge < -0.3 is 19.4 Å². The highest BCUT2D eigenvalue weighted by atomic mass is 35.5. The molecule has 3 aliphatic rings. The van der Waals surface area contributed by atoms with Crippen LogP contribution < -0.4 is 5.32 Å². The number of hydrogen-bond acceptors (Lipinski definition) is 5. The van der Waals surface area contributed by atoms with E-state index < -0.39 is 11.1 Å². The van der Waals surface area contributed by atoms with Gasteiger partial charge in [-0.1, -0.05) is 11.6 Å². The first-order valence-electron chi connectivity index (χ1n) is 9.74. The van der Waals surface area contributed by atoms with Crippen LogP contribution in [-0.2, 0) is 24.0 Å². The van der Waals surface area contributed by atoms with Crippen LogP contribution in [0.1, 0.15) is 48.0 Å². The van der Waals surface area contributed by atoms with Gasteiger partial charge in [-0.05, 0) is 45.2 Å². The first-order valence-corrected chi connectivity index (χ1v) is 10.1. The molecule has 8 heteroatoms. The molecule has 1 N–H and O–H groups in total. The highest BCUT2D eigenvalue weighted by molar-refractivity contribution is 6.29. The molecule has 1 spiro atoms. The number of nitrogens with zero attached hydrogens (tertiary/aromatic N) is 2. The monoisotopic (exact) mass is 415 g/mol. The molecule has 0 unspecified atom stereocenters. The maximum absolute atomic E-state index is 13.0. The van der Waals surface area contributed by atoms with Crippen LogP contribution in [-0.4, -0.2) is 46.1 Å². The number of aryl methyl sites for hydroxylation is 1. The lowest BCUT2D eigenvalue weighted by molar-refractivity contribution is -0.0179. The fourth-order valence-electron chi connectivity index (χ4n) is 4.48. The number of halogens is 1. The van der Waals surface area contributed by atoms with Crippen LogP contribution in [0, 0.1) is 0 Å². The number of carbonyl (C=O) groups excluding carboxylic acids is 2. The molecule has 0 atom stereocenters. The third-order valence-electron chi connectivity index (χ3n) is 5.67. The molecule has 5 rings (SSSR count). The minimum absolute atomic E-state index is 0.135. The van der Waals surface area contributed by atoms with Crippen LogP contribution >= 0.6 is 11.6 Å². The molecule has 2 aromatic heterocycles. The van der Waals surface area contributed by atoms with Crippen molar-refractivity contribution in [3.05, 3.63) is 39.9 Å². The van der Waals surface area contributed by atoms with E-state index in [0.29, 0.717) is 36.0 Å². The Kier molecular flexibility index (Phi) is 3.81. The summed E-state index contributed by atoms with van der Waals surface area (Å²) < 4.78 is 11.6. The lowest BCUT2D eigenvalue weighted by Gasteiger charge is -2.51. The van der Waals surface area contributed by atoms with Crippen LogP contribution in [0.15, 0.2) is 16.7 Å². The second-order valence-corrected chi connectivity index (χ2v) is 9.51. The van der Waals surface area contributed by atoms with Gasteiger partial charge in [0.1, 0.15) is 22.3 Å². The largest absolute Gasteiger partial charge is 0.460 e. The van der Waals surface area contributed by atoms with Gasteiger partial charge in [0.15, 0.2) is 0 Å². The highest BCUT2D eigenvalue weighted by Crippen LogP contribution is 2.43. The molecule has 152 valence electrons. The summed E-state index contributed by atoms with van der Waals surface area (Å²) in [6, 6.07) is 1.80. The fourth-order valence-corrected chi connectivity index (χ4v) is 4.63. The highest BCUT2D eigenvalue weighted by Gasteiger charge is 2.52. The first-order chi connectivity index (χ1) is 13.6. The molecular weight excluding hydrogens is 394 g/mol. The summed E-state index contributed by atoms with van der Waals surface area (Å²) in [4.78, 5) is 31.0. The standard InChI is InChI=1S/C21H22ClN3O4/c1-20(2,3)29-19(27)25-9-21(10-25)7-14-16(18(26)24-21)12-5-4-11-8-23-15(22)6-13(11)17(12)28-14/h6,8H,4-5,7,9-10H2,1-3H3,(H,24,26). The van der Waals surface area contributed by atoms with Crippen molar-refractivity contribution in [2.75, 3.05) is 13.1 Å². The van der Waals surface area contributed by atoms with Crippen molar-refractivity contribution < 1.29 is 18.7 Å². The molecule has 7 nitrogen and oxygen atoms in total. The Morgan fingerprint density at radius 2 is 2.10 bits per heavy atom. The lowest BCUT2D eigenvalue weighted by atomic mass is 9.80. The number of nitrogens with one attached hydrogen (secondary N) is 1. The van der Waals surface area contributed by atoms with Gasteiger partial charge in [0.25, 0.3) is 5.91 Å². The Morgan fingerprint density at radius 3 is 2.83 bits per heavy atom. The van der Waals surface area contributed by atoms with E-state index in [0.717, 1.165) is 35.3 Å². The number of aromatic nitrogens is 1. The zero-order valence-electron chi connectivity index (χ0n) is 16.6.